The summed E-state index contributed by atoms with van der Waals surface area (Å²) in [4.78, 5) is 0. The predicted molar refractivity (Wildman–Crippen MR) is 101 cm³/mol. The quantitative estimate of drug-likeness (QED) is 0.533. The minimum absolute atomic E-state index is 0.894. The topological polar surface area (TPSA) is 9.23 Å². The van der Waals surface area contributed by atoms with Gasteiger partial charge in [0.05, 0.1) is 7.11 Å². The van der Waals surface area contributed by atoms with Gasteiger partial charge in [-0.3, -0.25) is 0 Å². The molecule has 3 aromatic rings. The summed E-state index contributed by atoms with van der Waals surface area (Å²) in [7, 11) is 1.68. The molecule has 0 spiro atoms. The van der Waals surface area contributed by atoms with E-state index < -0.39 is 0 Å². The Morgan fingerprint density at radius 2 is 0.913 bits per heavy atom. The first kappa shape index (κ1) is 18.5. The number of hydrogen-bond acceptors (Lipinski definition) is 1. The molecule has 0 radical (unpaired) electrons. The van der Waals surface area contributed by atoms with Crippen molar-refractivity contribution >= 4 is 0 Å². The van der Waals surface area contributed by atoms with Crippen LogP contribution in [0.5, 0.6) is 5.75 Å². The zero-order valence-corrected chi connectivity index (χ0v) is 14.5. The van der Waals surface area contributed by atoms with E-state index in [9.17, 15) is 0 Å². The van der Waals surface area contributed by atoms with Crippen LogP contribution in [0.4, 0.5) is 0 Å². The lowest BCUT2D eigenvalue weighted by molar-refractivity contribution is 0.415. The molecule has 0 N–H and O–H groups in total. The lowest BCUT2D eigenvalue weighted by Crippen LogP contribution is -1.82. The third kappa shape index (κ3) is 6.84. The van der Waals surface area contributed by atoms with Crippen LogP contribution in [-0.2, 0) is 0 Å². The molecule has 0 heterocycles. The van der Waals surface area contributed by atoms with Crippen LogP contribution < -0.4 is 4.74 Å². The molecule has 1 heteroatoms. The molecular weight excluding hydrogens is 280 g/mol. The van der Waals surface area contributed by atoms with Gasteiger partial charge < -0.3 is 4.74 Å². The molecule has 0 aromatic heterocycles. The van der Waals surface area contributed by atoms with Crippen molar-refractivity contribution in [2.24, 2.45) is 0 Å². The Bertz CT molecular complexity index is 598. The van der Waals surface area contributed by atoms with Crippen LogP contribution in [0.15, 0.2) is 84.9 Å². The van der Waals surface area contributed by atoms with Gasteiger partial charge >= 0.3 is 0 Å². The molecule has 120 valence electrons. The molecule has 3 rings (SSSR count). The molecule has 0 saturated carbocycles. The zero-order valence-electron chi connectivity index (χ0n) is 14.5. The number of aryl methyl sites for hydroxylation is 1. The number of benzene rings is 3. The van der Waals surface area contributed by atoms with Crippen molar-refractivity contribution in [2.45, 2.75) is 20.8 Å². The molecule has 0 unspecified atom stereocenters. The van der Waals surface area contributed by atoms with Gasteiger partial charge in [0, 0.05) is 0 Å². The van der Waals surface area contributed by atoms with Crippen molar-refractivity contribution in [1.82, 2.24) is 0 Å². The summed E-state index contributed by atoms with van der Waals surface area (Å²) in [5, 5.41) is 0. The Morgan fingerprint density at radius 1 is 0.565 bits per heavy atom. The van der Waals surface area contributed by atoms with Gasteiger partial charge in [-0.2, -0.15) is 0 Å². The fourth-order valence-electron chi connectivity index (χ4n) is 1.91. The molecule has 0 aliphatic heterocycles. The van der Waals surface area contributed by atoms with Crippen LogP contribution in [-0.4, -0.2) is 7.11 Å². The maximum Gasteiger partial charge on any atom is 0.118 e. The molecule has 23 heavy (non-hydrogen) atoms. The number of methoxy groups -OCH3 is 1. The highest BCUT2D eigenvalue weighted by Gasteiger charge is 1.97. The average molecular weight is 306 g/mol. The van der Waals surface area contributed by atoms with Crippen molar-refractivity contribution < 1.29 is 4.74 Å². The van der Waals surface area contributed by atoms with Gasteiger partial charge in [0.15, 0.2) is 0 Å². The maximum atomic E-state index is 5.12. The second-order valence-electron chi connectivity index (χ2n) is 4.75. The molecule has 0 atom stereocenters. The van der Waals surface area contributed by atoms with E-state index in [1.165, 1.54) is 16.7 Å². The first-order valence-electron chi connectivity index (χ1n) is 8.01. The molecule has 0 aliphatic carbocycles. The first-order chi connectivity index (χ1) is 11.3. The monoisotopic (exact) mass is 306 g/mol. The molecule has 0 bridgehead atoms. The summed E-state index contributed by atoms with van der Waals surface area (Å²) in [5.74, 6) is 0.894. The summed E-state index contributed by atoms with van der Waals surface area (Å²) in [6.07, 6.45) is 0. The summed E-state index contributed by atoms with van der Waals surface area (Å²) >= 11 is 0. The predicted octanol–water partition coefficient (Wildman–Crippen LogP) is 6.38. The molecular formula is C22H26O. The highest BCUT2D eigenvalue weighted by atomic mass is 16.5. The van der Waals surface area contributed by atoms with E-state index in [0.29, 0.717) is 0 Å². The highest BCUT2D eigenvalue weighted by Crippen LogP contribution is 2.22. The van der Waals surface area contributed by atoms with Gasteiger partial charge in [-0.25, -0.2) is 0 Å². The average Bonchev–Trinajstić information content (AvgIpc) is 2.66. The Kier molecular flexibility index (Phi) is 8.92. The molecule has 0 amide bonds. The number of hydrogen-bond donors (Lipinski definition) is 0. The summed E-state index contributed by atoms with van der Waals surface area (Å²) in [6.45, 7) is 6.10. The van der Waals surface area contributed by atoms with Crippen molar-refractivity contribution in [1.29, 1.82) is 0 Å². The summed E-state index contributed by atoms with van der Waals surface area (Å²) in [6, 6.07) is 28.6. The van der Waals surface area contributed by atoms with E-state index in [4.69, 9.17) is 4.74 Å². The first-order valence-corrected chi connectivity index (χ1v) is 8.01. The minimum Gasteiger partial charge on any atom is -0.497 e. The van der Waals surface area contributed by atoms with Crippen molar-refractivity contribution in [3.05, 3.63) is 90.5 Å². The molecule has 0 aliphatic rings. The fourth-order valence-corrected chi connectivity index (χ4v) is 1.91. The van der Waals surface area contributed by atoms with Crippen LogP contribution >= 0.6 is 0 Å². The van der Waals surface area contributed by atoms with Crippen LogP contribution in [0.25, 0.3) is 11.1 Å². The fraction of sp³-hybridized carbons (Fsp3) is 0.182. The number of rotatable bonds is 2. The second-order valence-corrected chi connectivity index (χ2v) is 4.75. The lowest BCUT2D eigenvalue weighted by atomic mass is 10.0. The Labute approximate surface area is 140 Å². The zero-order chi connectivity index (χ0) is 16.9. The van der Waals surface area contributed by atoms with Gasteiger partial charge in [0.25, 0.3) is 0 Å². The van der Waals surface area contributed by atoms with E-state index in [-0.39, 0.29) is 0 Å². The second kappa shape index (κ2) is 11.1. The maximum absolute atomic E-state index is 5.12. The SMILES string of the molecule is CC.COc1ccc(-c2ccc(C)cc2)cc1.c1ccccc1. The molecule has 3 aromatic carbocycles. The van der Waals surface area contributed by atoms with Crippen molar-refractivity contribution in [3.63, 3.8) is 0 Å². The number of ether oxygens (including phenoxy) is 1. The Balaban J connectivity index is 0.000000276. The van der Waals surface area contributed by atoms with E-state index in [1.807, 2.05) is 62.4 Å². The molecule has 0 fully saturated rings. The molecule has 0 saturated heterocycles. The van der Waals surface area contributed by atoms with Gasteiger partial charge in [-0.05, 0) is 30.2 Å². The summed E-state index contributed by atoms with van der Waals surface area (Å²) in [5.41, 5.74) is 3.74. The third-order valence-corrected chi connectivity index (χ3v) is 3.14. The van der Waals surface area contributed by atoms with Crippen LogP contribution in [0.3, 0.4) is 0 Å². The minimum atomic E-state index is 0.894. The smallest absolute Gasteiger partial charge is 0.118 e. The van der Waals surface area contributed by atoms with Crippen molar-refractivity contribution in [2.75, 3.05) is 7.11 Å². The van der Waals surface area contributed by atoms with Crippen LogP contribution in [0, 0.1) is 6.92 Å². The highest BCUT2D eigenvalue weighted by molar-refractivity contribution is 5.64. The van der Waals surface area contributed by atoms with Crippen LogP contribution in [0.1, 0.15) is 19.4 Å². The Morgan fingerprint density at radius 3 is 1.26 bits per heavy atom. The van der Waals surface area contributed by atoms with Gasteiger partial charge in [0.2, 0.25) is 0 Å². The normalized spacial score (nSPS) is 8.87. The standard InChI is InChI=1S/C14H14O.C6H6.C2H6/c1-11-3-5-12(6-4-11)13-7-9-14(15-2)10-8-13;1-2-4-6-5-3-1;1-2/h3-10H,1-2H3;1-6H;1-2H3. The van der Waals surface area contributed by atoms with E-state index >= 15 is 0 Å². The third-order valence-electron chi connectivity index (χ3n) is 3.14. The van der Waals surface area contributed by atoms with Crippen LogP contribution in [0.2, 0.25) is 0 Å². The Hall–Kier alpha value is -2.54. The lowest BCUT2D eigenvalue weighted by Gasteiger charge is -2.03. The van der Waals surface area contributed by atoms with E-state index in [1.54, 1.807) is 7.11 Å². The van der Waals surface area contributed by atoms with Gasteiger partial charge in [-0.15, -0.1) is 0 Å². The van der Waals surface area contributed by atoms with Gasteiger partial charge in [0.1, 0.15) is 5.75 Å². The summed E-state index contributed by atoms with van der Waals surface area (Å²) < 4.78 is 5.12. The van der Waals surface area contributed by atoms with Gasteiger partial charge in [-0.1, -0.05) is 92.2 Å². The largest absolute Gasteiger partial charge is 0.497 e. The van der Waals surface area contributed by atoms with E-state index in [0.717, 1.165) is 5.75 Å². The van der Waals surface area contributed by atoms with E-state index in [2.05, 4.69) is 43.3 Å². The van der Waals surface area contributed by atoms with Crippen molar-refractivity contribution in [3.8, 4) is 16.9 Å². The molecule has 1 nitrogen and oxygen atoms in total.